The van der Waals surface area contributed by atoms with E-state index in [1.165, 1.54) is 34.8 Å². The van der Waals surface area contributed by atoms with E-state index in [-0.39, 0.29) is 17.4 Å². The number of rotatable bonds is 4. The van der Waals surface area contributed by atoms with E-state index >= 15 is 0 Å². The molecule has 5 rings (SSSR count). The van der Waals surface area contributed by atoms with Gasteiger partial charge in [0.2, 0.25) is 5.91 Å². The van der Waals surface area contributed by atoms with Crippen molar-refractivity contribution in [3.8, 4) is 0 Å². The molecule has 2 amide bonds. The second-order valence-corrected chi connectivity index (χ2v) is 10.6. The highest BCUT2D eigenvalue weighted by Gasteiger charge is 2.45. The first kappa shape index (κ1) is 26.5. The lowest BCUT2D eigenvalue weighted by Crippen LogP contribution is -2.37. The molecule has 3 aliphatic heterocycles. The maximum atomic E-state index is 13.7. The van der Waals surface area contributed by atoms with E-state index in [0.717, 1.165) is 25.9 Å². The van der Waals surface area contributed by atoms with Gasteiger partial charge in [-0.25, -0.2) is 4.79 Å². The highest BCUT2D eigenvalue weighted by molar-refractivity contribution is 5.91. The number of anilines is 2. The van der Waals surface area contributed by atoms with Gasteiger partial charge >= 0.3 is 12.2 Å². The quantitative estimate of drug-likeness (QED) is 0.600. The molecular weight excluding hydrogens is 501 g/mol. The fraction of sp³-hybridized carbons (Fsp3) is 0.577. The Kier molecular flexibility index (Phi) is 7.12. The predicted molar refractivity (Wildman–Crippen MR) is 135 cm³/mol. The number of likely N-dealkylation sites (tertiary alicyclic amines) is 2. The van der Waals surface area contributed by atoms with Gasteiger partial charge in [-0.3, -0.25) is 9.69 Å². The molecule has 1 atom stereocenters. The van der Waals surface area contributed by atoms with Crippen LogP contribution < -0.4 is 9.80 Å². The molecule has 3 aliphatic rings. The molecule has 1 unspecified atom stereocenters. The van der Waals surface area contributed by atoms with Crippen LogP contribution in [0.4, 0.5) is 29.3 Å². The first-order chi connectivity index (χ1) is 18.0. The van der Waals surface area contributed by atoms with Gasteiger partial charge in [0, 0.05) is 64.3 Å². The van der Waals surface area contributed by atoms with Crippen LogP contribution in [0.15, 0.2) is 30.6 Å². The van der Waals surface area contributed by atoms with Gasteiger partial charge in [-0.1, -0.05) is 0 Å². The fourth-order valence-electron chi connectivity index (χ4n) is 5.70. The Morgan fingerprint density at radius 3 is 2.53 bits per heavy atom. The van der Waals surface area contributed by atoms with Gasteiger partial charge in [0.25, 0.3) is 0 Å². The van der Waals surface area contributed by atoms with Gasteiger partial charge in [0.1, 0.15) is 0 Å². The molecule has 1 aromatic heterocycles. The number of morpholine rings is 1. The van der Waals surface area contributed by atoms with E-state index in [1.807, 2.05) is 11.0 Å². The summed E-state index contributed by atoms with van der Waals surface area (Å²) in [6.07, 6.45) is 0.334. The molecule has 2 aromatic rings. The smallest absolute Gasteiger partial charge is 0.378 e. The molecule has 0 bridgehead atoms. The first-order valence-electron chi connectivity index (χ1n) is 12.9. The zero-order valence-corrected chi connectivity index (χ0v) is 21.7. The molecule has 12 heteroatoms. The van der Waals surface area contributed by atoms with Gasteiger partial charge in [-0.15, -0.1) is 0 Å². The van der Waals surface area contributed by atoms with Crippen molar-refractivity contribution in [1.29, 1.82) is 0 Å². The van der Waals surface area contributed by atoms with Crippen LogP contribution in [-0.2, 0) is 22.3 Å². The number of nitrogens with zero attached hydrogens (tertiary/aromatic N) is 6. The van der Waals surface area contributed by atoms with Crippen molar-refractivity contribution < 1.29 is 27.5 Å². The minimum Gasteiger partial charge on any atom is -0.378 e. The number of alkyl halides is 3. The zero-order chi connectivity index (χ0) is 27.1. The summed E-state index contributed by atoms with van der Waals surface area (Å²) < 4.78 is 47.7. The van der Waals surface area contributed by atoms with Gasteiger partial charge < -0.3 is 19.4 Å². The van der Waals surface area contributed by atoms with Crippen LogP contribution in [-0.4, -0.2) is 91.0 Å². The topological polar surface area (TPSA) is 74.2 Å². The second-order valence-electron chi connectivity index (χ2n) is 10.6. The van der Waals surface area contributed by atoms with Crippen molar-refractivity contribution in [2.24, 2.45) is 5.41 Å². The highest BCUT2D eigenvalue weighted by Crippen LogP contribution is 2.41. The Morgan fingerprint density at radius 1 is 1.08 bits per heavy atom. The largest absolute Gasteiger partial charge is 0.416 e. The number of carbonyl (C=O) groups excluding carboxylic acids is 2. The molecule has 3 fully saturated rings. The van der Waals surface area contributed by atoms with Crippen LogP contribution in [0, 0.1) is 5.41 Å². The van der Waals surface area contributed by atoms with Crippen molar-refractivity contribution in [3.63, 3.8) is 0 Å². The maximum absolute atomic E-state index is 13.7. The number of hydrogen-bond acceptors (Lipinski definition) is 6. The third kappa shape index (κ3) is 5.51. The van der Waals surface area contributed by atoms with Gasteiger partial charge in [0.05, 0.1) is 36.9 Å². The monoisotopic (exact) mass is 534 g/mol. The normalized spacial score (nSPS) is 22.4. The van der Waals surface area contributed by atoms with E-state index in [1.54, 1.807) is 18.1 Å². The van der Waals surface area contributed by atoms with E-state index in [9.17, 15) is 22.8 Å². The fourth-order valence-corrected chi connectivity index (χ4v) is 5.70. The van der Waals surface area contributed by atoms with Crippen molar-refractivity contribution in [1.82, 2.24) is 19.6 Å². The summed E-state index contributed by atoms with van der Waals surface area (Å²) in [6, 6.07) is 4.11. The van der Waals surface area contributed by atoms with E-state index < -0.39 is 11.7 Å². The molecule has 4 heterocycles. The van der Waals surface area contributed by atoms with Gasteiger partial charge in [-0.05, 0) is 43.1 Å². The predicted octanol–water partition coefficient (Wildman–Crippen LogP) is 3.29. The number of amides is 2. The summed E-state index contributed by atoms with van der Waals surface area (Å²) in [5.41, 5.74) is 1.05. The molecule has 9 nitrogen and oxygen atoms in total. The highest BCUT2D eigenvalue weighted by atomic mass is 19.4. The number of halogens is 3. The zero-order valence-electron chi connectivity index (χ0n) is 21.7. The molecule has 0 aliphatic carbocycles. The van der Waals surface area contributed by atoms with Gasteiger partial charge in [-0.2, -0.15) is 23.0 Å². The lowest BCUT2D eigenvalue weighted by molar-refractivity contribution is -0.137. The molecule has 0 N–H and O–H groups in total. The molecule has 3 saturated heterocycles. The third-order valence-corrected chi connectivity index (χ3v) is 7.94. The lowest BCUT2D eigenvalue weighted by atomic mass is 9.86. The molecule has 0 radical (unpaired) electrons. The molecule has 38 heavy (non-hydrogen) atoms. The van der Waals surface area contributed by atoms with Crippen LogP contribution in [0.25, 0.3) is 0 Å². The van der Waals surface area contributed by atoms with Gasteiger partial charge in [0.15, 0.2) is 0 Å². The number of carbonyl (C=O) groups is 2. The SMILES string of the molecule is CC(=O)N(C)c1cnn(C(=O)N2CCC3(CCN(Cc4cc(N5CCOCC5)cc(C(F)(F)F)c4)C3)C2)c1. The van der Waals surface area contributed by atoms with E-state index in [2.05, 4.69) is 10.00 Å². The van der Waals surface area contributed by atoms with Crippen molar-refractivity contribution in [2.45, 2.75) is 32.5 Å². The van der Waals surface area contributed by atoms with E-state index in [4.69, 9.17) is 4.74 Å². The Labute approximate surface area is 219 Å². The Bertz CT molecular complexity index is 1200. The summed E-state index contributed by atoms with van der Waals surface area (Å²) in [7, 11) is 1.63. The minimum atomic E-state index is -4.42. The first-order valence-corrected chi connectivity index (χ1v) is 12.9. The standard InChI is InChI=1S/C26H33F3N6O3/c1-19(36)31(2)23-14-30-35(16-23)24(37)34-6-4-25(18-34)3-5-32(17-25)15-20-11-21(26(27,28)29)13-22(12-20)33-7-9-38-10-8-33/h11-14,16H,3-10,15,17-18H2,1-2H3. The van der Waals surface area contributed by atoms with Crippen LogP contribution in [0.1, 0.15) is 30.9 Å². The summed E-state index contributed by atoms with van der Waals surface area (Å²) >= 11 is 0. The average molecular weight is 535 g/mol. The van der Waals surface area contributed by atoms with Crippen LogP contribution >= 0.6 is 0 Å². The number of hydrogen-bond donors (Lipinski definition) is 0. The van der Waals surface area contributed by atoms with Crippen LogP contribution in [0.3, 0.4) is 0 Å². The summed E-state index contributed by atoms with van der Waals surface area (Å²) in [4.78, 5) is 32.0. The van der Waals surface area contributed by atoms with Crippen molar-refractivity contribution in [3.05, 3.63) is 41.7 Å². The van der Waals surface area contributed by atoms with Crippen molar-refractivity contribution >= 4 is 23.3 Å². The summed E-state index contributed by atoms with van der Waals surface area (Å²) in [6.45, 7) is 6.66. The van der Waals surface area contributed by atoms with Crippen molar-refractivity contribution in [2.75, 3.05) is 69.3 Å². The molecule has 0 saturated carbocycles. The summed E-state index contributed by atoms with van der Waals surface area (Å²) in [5, 5.41) is 4.14. The molecular formula is C26H33F3N6O3. The average Bonchev–Trinajstić information content (AvgIpc) is 3.64. The maximum Gasteiger partial charge on any atom is 0.416 e. The Hall–Kier alpha value is -3.12. The van der Waals surface area contributed by atoms with Crippen LogP contribution in [0.5, 0.6) is 0 Å². The number of ether oxygens (including phenoxy) is 1. The Morgan fingerprint density at radius 2 is 1.82 bits per heavy atom. The minimum absolute atomic E-state index is 0.0868. The molecule has 1 spiro atoms. The second kappa shape index (κ2) is 10.2. The van der Waals surface area contributed by atoms with E-state index in [0.29, 0.717) is 62.9 Å². The lowest BCUT2D eigenvalue weighted by Gasteiger charge is -2.30. The molecule has 206 valence electrons. The number of aromatic nitrogens is 2. The van der Waals surface area contributed by atoms with Crippen LogP contribution in [0.2, 0.25) is 0 Å². The summed E-state index contributed by atoms with van der Waals surface area (Å²) in [5.74, 6) is -0.152. The third-order valence-electron chi connectivity index (χ3n) is 7.94. The molecule has 1 aromatic carbocycles. The number of benzene rings is 1. The Balaban J connectivity index is 1.25.